The molecule has 12 heavy (non-hydrogen) atoms. The first-order valence-corrected chi connectivity index (χ1v) is 5.59. The van der Waals surface area contributed by atoms with Gasteiger partial charge in [-0.25, -0.2) is 0 Å². The molecule has 3 heteroatoms. The van der Waals surface area contributed by atoms with Crippen molar-refractivity contribution in [3.05, 3.63) is 19.1 Å². The maximum atomic E-state index is 11.4. The highest BCUT2D eigenvalue weighted by Gasteiger charge is 2.17. The van der Waals surface area contributed by atoms with E-state index in [1.165, 1.54) is 0 Å². The SMILES string of the molecule is [CH2]CC([SiH2]OCC)C(=O)C(=C)C. The molecule has 0 aromatic carbocycles. The van der Waals surface area contributed by atoms with Gasteiger partial charge in [0.2, 0.25) is 0 Å². The highest BCUT2D eigenvalue weighted by Crippen LogP contribution is 2.14. The van der Waals surface area contributed by atoms with Crippen molar-refractivity contribution in [2.24, 2.45) is 0 Å². The molecule has 0 amide bonds. The van der Waals surface area contributed by atoms with E-state index >= 15 is 0 Å². The molecule has 0 aliphatic heterocycles. The van der Waals surface area contributed by atoms with E-state index in [1.807, 2.05) is 6.92 Å². The van der Waals surface area contributed by atoms with Crippen LogP contribution in [-0.4, -0.2) is 22.2 Å². The van der Waals surface area contributed by atoms with Crippen LogP contribution in [0.25, 0.3) is 0 Å². The summed E-state index contributed by atoms with van der Waals surface area (Å²) >= 11 is 0. The van der Waals surface area contributed by atoms with E-state index in [2.05, 4.69) is 13.5 Å². The third-order valence-electron chi connectivity index (χ3n) is 1.66. The quantitative estimate of drug-likeness (QED) is 0.460. The van der Waals surface area contributed by atoms with Gasteiger partial charge in [0.25, 0.3) is 0 Å². The van der Waals surface area contributed by atoms with Gasteiger partial charge in [-0.1, -0.05) is 13.5 Å². The highest BCUT2D eigenvalue weighted by atomic mass is 28.2. The predicted molar refractivity (Wildman–Crippen MR) is 53.7 cm³/mol. The number of hydrogen-bond acceptors (Lipinski definition) is 2. The van der Waals surface area contributed by atoms with Crippen molar-refractivity contribution >= 4 is 15.5 Å². The second-order valence-corrected chi connectivity index (χ2v) is 4.52. The smallest absolute Gasteiger partial charge is 0.172 e. The van der Waals surface area contributed by atoms with Gasteiger partial charge < -0.3 is 4.43 Å². The van der Waals surface area contributed by atoms with Gasteiger partial charge in [0.1, 0.15) is 0 Å². The van der Waals surface area contributed by atoms with Crippen LogP contribution in [0, 0.1) is 6.92 Å². The summed E-state index contributed by atoms with van der Waals surface area (Å²) < 4.78 is 5.29. The van der Waals surface area contributed by atoms with E-state index in [-0.39, 0.29) is 11.3 Å². The molecular formula is C9H17O2Si. The molecule has 69 valence electrons. The van der Waals surface area contributed by atoms with Crippen molar-refractivity contribution in [3.63, 3.8) is 0 Å². The zero-order chi connectivity index (χ0) is 9.56. The van der Waals surface area contributed by atoms with Gasteiger partial charge in [0.15, 0.2) is 15.5 Å². The van der Waals surface area contributed by atoms with Crippen LogP contribution in [-0.2, 0) is 9.22 Å². The number of ketones is 1. The molecule has 0 spiro atoms. The Balaban J connectivity index is 3.96. The summed E-state index contributed by atoms with van der Waals surface area (Å²) in [7, 11) is -0.738. The summed E-state index contributed by atoms with van der Waals surface area (Å²) in [6, 6.07) is 0. The highest BCUT2D eigenvalue weighted by molar-refractivity contribution is 6.39. The van der Waals surface area contributed by atoms with E-state index in [0.717, 1.165) is 0 Å². The van der Waals surface area contributed by atoms with Gasteiger partial charge >= 0.3 is 0 Å². The summed E-state index contributed by atoms with van der Waals surface area (Å²) in [5.74, 6) is 0.130. The molecule has 0 bridgehead atoms. The first-order chi connectivity index (χ1) is 5.63. The molecule has 1 unspecified atom stereocenters. The fourth-order valence-electron chi connectivity index (χ4n) is 0.899. The molecule has 0 saturated heterocycles. The zero-order valence-corrected chi connectivity index (χ0v) is 9.34. The molecule has 1 atom stereocenters. The lowest BCUT2D eigenvalue weighted by Gasteiger charge is -2.11. The van der Waals surface area contributed by atoms with Gasteiger partial charge in [-0.2, -0.15) is 0 Å². The minimum Gasteiger partial charge on any atom is -0.424 e. The number of rotatable bonds is 6. The maximum Gasteiger partial charge on any atom is 0.172 e. The minimum absolute atomic E-state index is 0.0300. The normalized spacial score (nSPS) is 13.6. The van der Waals surface area contributed by atoms with Crippen molar-refractivity contribution in [2.45, 2.75) is 25.8 Å². The molecule has 1 radical (unpaired) electrons. The molecule has 2 nitrogen and oxygen atoms in total. The van der Waals surface area contributed by atoms with Crippen LogP contribution in [0.2, 0.25) is 5.54 Å². The lowest BCUT2D eigenvalue weighted by Crippen LogP contribution is -2.17. The van der Waals surface area contributed by atoms with Gasteiger partial charge in [0.05, 0.1) is 0 Å². The van der Waals surface area contributed by atoms with Crippen LogP contribution in [0.15, 0.2) is 12.2 Å². The fraction of sp³-hybridized carbons (Fsp3) is 0.556. The van der Waals surface area contributed by atoms with Crippen LogP contribution < -0.4 is 0 Å². The molecule has 0 aromatic heterocycles. The lowest BCUT2D eigenvalue weighted by molar-refractivity contribution is -0.115. The molecule has 0 aliphatic rings. The van der Waals surface area contributed by atoms with Crippen LogP contribution in [0.1, 0.15) is 20.3 Å². The zero-order valence-electron chi connectivity index (χ0n) is 7.93. The predicted octanol–water partition coefficient (Wildman–Crippen LogP) is 1.26. The molecule has 0 rings (SSSR count). The number of carbonyl (C=O) groups is 1. The van der Waals surface area contributed by atoms with Crippen LogP contribution >= 0.6 is 0 Å². The standard InChI is InChI=1S/C9H17O2Si/c1-5-8(12-11-6-2)9(10)7(3)4/h8H,1,3,5-6,12H2,2,4H3. The number of carbonyl (C=O) groups excluding carboxylic acids is 1. The third-order valence-corrected chi connectivity index (χ3v) is 3.49. The number of hydrogen-bond donors (Lipinski definition) is 0. The second-order valence-electron chi connectivity index (χ2n) is 2.79. The van der Waals surface area contributed by atoms with E-state index in [0.29, 0.717) is 18.6 Å². The van der Waals surface area contributed by atoms with Crippen molar-refractivity contribution in [2.75, 3.05) is 6.61 Å². The Kier molecular flexibility index (Phi) is 5.93. The van der Waals surface area contributed by atoms with Gasteiger partial charge in [-0.05, 0) is 25.8 Å². The van der Waals surface area contributed by atoms with Crippen LogP contribution in [0.3, 0.4) is 0 Å². The van der Waals surface area contributed by atoms with Crippen molar-refractivity contribution < 1.29 is 9.22 Å². The van der Waals surface area contributed by atoms with Gasteiger partial charge in [-0.3, -0.25) is 4.79 Å². The summed E-state index contributed by atoms with van der Waals surface area (Å²) in [6.07, 6.45) is 0.637. The second kappa shape index (κ2) is 6.14. The Labute approximate surface area is 76.9 Å². The van der Waals surface area contributed by atoms with Crippen LogP contribution in [0.5, 0.6) is 0 Å². The number of allylic oxidation sites excluding steroid dienone is 1. The van der Waals surface area contributed by atoms with E-state index in [4.69, 9.17) is 4.43 Å². The van der Waals surface area contributed by atoms with E-state index < -0.39 is 9.76 Å². The molecule has 0 aliphatic carbocycles. The molecule has 0 aromatic rings. The summed E-state index contributed by atoms with van der Waals surface area (Å²) in [5, 5.41) is 0. The summed E-state index contributed by atoms with van der Waals surface area (Å²) in [4.78, 5) is 11.4. The summed E-state index contributed by atoms with van der Waals surface area (Å²) in [5.41, 5.74) is 0.651. The maximum absolute atomic E-state index is 11.4. The Bertz CT molecular complexity index is 166. The van der Waals surface area contributed by atoms with Crippen molar-refractivity contribution in [1.82, 2.24) is 0 Å². The monoisotopic (exact) mass is 185 g/mol. The first-order valence-electron chi connectivity index (χ1n) is 4.20. The molecule has 0 N–H and O–H groups in total. The molecular weight excluding hydrogens is 168 g/mol. The lowest BCUT2D eigenvalue weighted by atomic mass is 10.1. The first kappa shape index (κ1) is 11.6. The molecule has 0 saturated carbocycles. The Morgan fingerprint density at radius 1 is 1.67 bits per heavy atom. The van der Waals surface area contributed by atoms with E-state index in [1.54, 1.807) is 6.92 Å². The van der Waals surface area contributed by atoms with Gasteiger partial charge in [-0.15, -0.1) is 0 Å². The van der Waals surface area contributed by atoms with Crippen molar-refractivity contribution in [1.29, 1.82) is 0 Å². The Morgan fingerprint density at radius 3 is 2.58 bits per heavy atom. The molecule has 0 heterocycles. The van der Waals surface area contributed by atoms with E-state index in [9.17, 15) is 4.79 Å². The fourth-order valence-corrected chi connectivity index (χ4v) is 2.09. The van der Waals surface area contributed by atoms with Crippen molar-refractivity contribution in [3.8, 4) is 0 Å². The topological polar surface area (TPSA) is 26.3 Å². The number of Topliss-reactive ketones (excluding diaryl/α,β-unsaturated/α-hetero) is 1. The average Bonchev–Trinajstić information content (AvgIpc) is 2.05. The third kappa shape index (κ3) is 3.83. The summed E-state index contributed by atoms with van der Waals surface area (Å²) in [6.45, 7) is 11.7. The van der Waals surface area contributed by atoms with Crippen LogP contribution in [0.4, 0.5) is 0 Å². The Morgan fingerprint density at radius 2 is 2.25 bits per heavy atom. The Hall–Kier alpha value is -0.413. The van der Waals surface area contributed by atoms with Gasteiger partial charge in [0, 0.05) is 12.1 Å². The molecule has 0 fully saturated rings. The largest absolute Gasteiger partial charge is 0.424 e. The average molecular weight is 185 g/mol. The minimum atomic E-state index is -0.738.